The molecule has 7 heteroatoms. The minimum absolute atomic E-state index is 0.156. The zero-order chi connectivity index (χ0) is 17.4. The van der Waals surface area contributed by atoms with Crippen molar-refractivity contribution in [2.75, 3.05) is 0 Å². The second kappa shape index (κ2) is 6.18. The third-order valence-corrected chi connectivity index (χ3v) is 4.54. The largest absolute Gasteiger partial charge is 0.493 e. The van der Waals surface area contributed by atoms with E-state index in [-0.39, 0.29) is 17.0 Å². The molecule has 6 nitrogen and oxygen atoms in total. The van der Waals surface area contributed by atoms with Crippen LogP contribution in [0.25, 0.3) is 16.8 Å². The molecule has 3 heterocycles. The lowest BCUT2D eigenvalue weighted by molar-refractivity contribution is 0.428. The number of hydrogen-bond acceptors (Lipinski definition) is 4. The van der Waals surface area contributed by atoms with Gasteiger partial charge < -0.3 is 10.1 Å². The van der Waals surface area contributed by atoms with Crippen LogP contribution in [0, 0.1) is 0 Å². The fourth-order valence-electron chi connectivity index (χ4n) is 2.74. The molecule has 0 radical (unpaired) electrons. The number of nitrogens with one attached hydrogen (secondary N) is 1. The van der Waals surface area contributed by atoms with Crippen LogP contribution in [0.1, 0.15) is 11.1 Å². The van der Waals surface area contributed by atoms with Crippen molar-refractivity contribution in [1.29, 1.82) is 0 Å². The monoisotopic (exact) mass is 396 g/mol. The van der Waals surface area contributed by atoms with Gasteiger partial charge in [-0.1, -0.05) is 34.1 Å². The van der Waals surface area contributed by atoms with Crippen molar-refractivity contribution in [3.63, 3.8) is 0 Å². The summed E-state index contributed by atoms with van der Waals surface area (Å²) in [5, 5.41) is 14.8. The molecule has 0 fully saturated rings. The van der Waals surface area contributed by atoms with E-state index in [1.165, 1.54) is 4.52 Å². The lowest BCUT2D eigenvalue weighted by Crippen LogP contribution is -2.16. The van der Waals surface area contributed by atoms with Crippen LogP contribution >= 0.6 is 15.9 Å². The van der Waals surface area contributed by atoms with Gasteiger partial charge in [-0.15, -0.1) is 0 Å². The number of aromatic hydroxyl groups is 1. The zero-order valence-corrected chi connectivity index (χ0v) is 14.6. The maximum absolute atomic E-state index is 12.5. The average Bonchev–Trinajstić information content (AvgIpc) is 3.05. The molecule has 0 unspecified atom stereocenters. The van der Waals surface area contributed by atoms with E-state index in [4.69, 9.17) is 0 Å². The summed E-state index contributed by atoms with van der Waals surface area (Å²) in [7, 11) is 0. The Labute approximate surface area is 150 Å². The lowest BCUT2D eigenvalue weighted by Gasteiger charge is -2.07. The molecule has 0 aliphatic carbocycles. The number of halogens is 1. The number of pyridine rings is 1. The Morgan fingerprint density at radius 1 is 1.16 bits per heavy atom. The van der Waals surface area contributed by atoms with Crippen LogP contribution in [0.5, 0.6) is 5.88 Å². The predicted octanol–water partition coefficient (Wildman–Crippen LogP) is 3.14. The van der Waals surface area contributed by atoms with E-state index in [0.717, 1.165) is 15.6 Å². The molecule has 0 spiro atoms. The smallest absolute Gasteiger partial charge is 0.258 e. The van der Waals surface area contributed by atoms with Crippen LogP contribution in [-0.2, 0) is 6.42 Å². The van der Waals surface area contributed by atoms with E-state index in [2.05, 4.69) is 31.0 Å². The second-order valence-corrected chi connectivity index (χ2v) is 6.54. The molecule has 0 saturated heterocycles. The van der Waals surface area contributed by atoms with Crippen LogP contribution in [0.4, 0.5) is 0 Å². The Balaban J connectivity index is 1.83. The highest BCUT2D eigenvalue weighted by Crippen LogP contribution is 2.26. The molecule has 0 amide bonds. The second-order valence-electron chi connectivity index (χ2n) is 5.62. The number of benzene rings is 1. The van der Waals surface area contributed by atoms with E-state index >= 15 is 0 Å². The first-order valence-corrected chi connectivity index (χ1v) is 8.39. The summed E-state index contributed by atoms with van der Waals surface area (Å²) >= 11 is 3.38. The molecule has 0 aliphatic rings. The molecule has 4 rings (SSSR count). The molecular formula is C18H13BrN4O2. The van der Waals surface area contributed by atoms with Gasteiger partial charge in [0.25, 0.3) is 5.56 Å². The van der Waals surface area contributed by atoms with Gasteiger partial charge >= 0.3 is 0 Å². The predicted molar refractivity (Wildman–Crippen MR) is 97.7 cm³/mol. The van der Waals surface area contributed by atoms with Crippen molar-refractivity contribution in [3.05, 3.63) is 80.9 Å². The number of fused-ring (bicyclic) bond motifs is 1. The van der Waals surface area contributed by atoms with Gasteiger partial charge in [0.15, 0.2) is 0 Å². The van der Waals surface area contributed by atoms with E-state index < -0.39 is 0 Å². The maximum Gasteiger partial charge on any atom is 0.258 e. The standard InChI is InChI=1S/C18H13BrN4O2/c19-13-5-3-11(4-6-13)8-14-17(24)22-16-15(10-21-23(16)18(14)25)12-2-1-7-20-9-12/h1-7,9-10,25H,8H2,(H,22,24). The molecule has 25 heavy (non-hydrogen) atoms. The topological polar surface area (TPSA) is 83.3 Å². The molecule has 1 aromatic carbocycles. The van der Waals surface area contributed by atoms with Gasteiger partial charge in [-0.2, -0.15) is 9.61 Å². The minimum atomic E-state index is -0.335. The molecule has 0 atom stereocenters. The third-order valence-electron chi connectivity index (χ3n) is 4.01. The summed E-state index contributed by atoms with van der Waals surface area (Å²) in [5.74, 6) is -0.156. The number of aromatic nitrogens is 4. The minimum Gasteiger partial charge on any atom is -0.493 e. The summed E-state index contributed by atoms with van der Waals surface area (Å²) in [6.07, 6.45) is 5.27. The molecular weight excluding hydrogens is 384 g/mol. The van der Waals surface area contributed by atoms with Gasteiger partial charge in [-0.3, -0.25) is 9.78 Å². The summed E-state index contributed by atoms with van der Waals surface area (Å²) in [5.41, 5.74) is 2.82. The summed E-state index contributed by atoms with van der Waals surface area (Å²) in [4.78, 5) is 19.4. The highest BCUT2D eigenvalue weighted by atomic mass is 79.9. The Kier molecular flexibility index (Phi) is 3.85. The van der Waals surface area contributed by atoms with Crippen LogP contribution in [0.3, 0.4) is 0 Å². The lowest BCUT2D eigenvalue weighted by atomic mass is 10.1. The molecule has 124 valence electrons. The number of nitrogens with zero attached hydrogens (tertiary/aromatic N) is 3. The summed E-state index contributed by atoms with van der Waals surface area (Å²) < 4.78 is 2.30. The van der Waals surface area contributed by atoms with E-state index in [9.17, 15) is 9.90 Å². The van der Waals surface area contributed by atoms with Crippen molar-refractivity contribution in [1.82, 2.24) is 19.6 Å². The van der Waals surface area contributed by atoms with Crippen molar-refractivity contribution in [2.24, 2.45) is 0 Å². The first-order chi connectivity index (χ1) is 12.1. The Morgan fingerprint density at radius 2 is 1.96 bits per heavy atom. The quantitative estimate of drug-likeness (QED) is 0.557. The molecule has 0 aliphatic heterocycles. The molecule has 0 bridgehead atoms. The van der Waals surface area contributed by atoms with Gasteiger partial charge in [0.1, 0.15) is 5.65 Å². The van der Waals surface area contributed by atoms with Crippen molar-refractivity contribution >= 4 is 21.6 Å². The molecule has 2 N–H and O–H groups in total. The first kappa shape index (κ1) is 15.6. The van der Waals surface area contributed by atoms with Crippen molar-refractivity contribution in [2.45, 2.75) is 6.42 Å². The number of rotatable bonds is 3. The summed E-state index contributed by atoms with van der Waals surface area (Å²) in [6, 6.07) is 11.3. The van der Waals surface area contributed by atoms with E-state index in [0.29, 0.717) is 17.6 Å². The Hall–Kier alpha value is -2.93. The Morgan fingerprint density at radius 3 is 2.68 bits per heavy atom. The van der Waals surface area contributed by atoms with Gasteiger partial charge in [-0.05, 0) is 23.8 Å². The fourth-order valence-corrected chi connectivity index (χ4v) is 3.01. The van der Waals surface area contributed by atoms with Gasteiger partial charge in [0.2, 0.25) is 5.88 Å². The molecule has 3 aromatic heterocycles. The fraction of sp³-hybridized carbons (Fsp3) is 0.0556. The normalized spacial score (nSPS) is 11.1. The number of aromatic amines is 1. The SMILES string of the molecule is O=c1[nH]c2c(-c3cccnc3)cnn2c(O)c1Cc1ccc(Br)cc1. The van der Waals surface area contributed by atoms with Crippen LogP contribution in [-0.4, -0.2) is 24.7 Å². The van der Waals surface area contributed by atoms with Crippen LogP contribution in [0.15, 0.2) is 64.3 Å². The van der Waals surface area contributed by atoms with Crippen LogP contribution < -0.4 is 5.56 Å². The number of hydrogen-bond donors (Lipinski definition) is 2. The molecule has 0 saturated carbocycles. The highest BCUT2D eigenvalue weighted by molar-refractivity contribution is 9.10. The molecule has 4 aromatic rings. The van der Waals surface area contributed by atoms with Gasteiger partial charge in [-0.25, -0.2) is 0 Å². The first-order valence-electron chi connectivity index (χ1n) is 7.60. The highest BCUT2D eigenvalue weighted by Gasteiger charge is 2.17. The maximum atomic E-state index is 12.5. The summed E-state index contributed by atoms with van der Waals surface area (Å²) in [6.45, 7) is 0. The van der Waals surface area contributed by atoms with Crippen molar-refractivity contribution in [3.8, 4) is 17.0 Å². The Bertz CT molecular complexity index is 1100. The van der Waals surface area contributed by atoms with Gasteiger partial charge in [0, 0.05) is 34.4 Å². The zero-order valence-electron chi connectivity index (χ0n) is 13.0. The average molecular weight is 397 g/mol. The van der Waals surface area contributed by atoms with Gasteiger partial charge in [0.05, 0.1) is 11.8 Å². The van der Waals surface area contributed by atoms with Crippen molar-refractivity contribution < 1.29 is 5.11 Å². The number of H-pyrrole nitrogens is 1. The third kappa shape index (κ3) is 2.83. The van der Waals surface area contributed by atoms with E-state index in [1.807, 2.05) is 30.3 Å². The van der Waals surface area contributed by atoms with E-state index in [1.54, 1.807) is 24.7 Å². The van der Waals surface area contributed by atoms with Crippen LogP contribution in [0.2, 0.25) is 0 Å².